The van der Waals surface area contributed by atoms with Crippen molar-refractivity contribution in [2.45, 2.75) is 39.7 Å². The average Bonchev–Trinajstić information content (AvgIpc) is 2.93. The van der Waals surface area contributed by atoms with Gasteiger partial charge in [-0.3, -0.25) is 4.79 Å². The second kappa shape index (κ2) is 7.14. The maximum Gasteiger partial charge on any atom is 0.274 e. The lowest BCUT2D eigenvalue weighted by Crippen LogP contribution is -2.45. The zero-order valence-electron chi connectivity index (χ0n) is 14.9. The summed E-state index contributed by atoms with van der Waals surface area (Å²) in [5.74, 6) is 0.772. The lowest BCUT2D eigenvalue weighted by molar-refractivity contribution is 0.0655. The molecule has 1 fully saturated rings. The maximum absolute atomic E-state index is 13.0. The van der Waals surface area contributed by atoms with Crippen LogP contribution in [0.25, 0.3) is 5.82 Å². The lowest BCUT2D eigenvalue weighted by atomic mass is 9.92. The van der Waals surface area contributed by atoms with Crippen molar-refractivity contribution >= 4 is 17.5 Å². The lowest BCUT2D eigenvalue weighted by Gasteiger charge is -2.34. The van der Waals surface area contributed by atoms with E-state index in [2.05, 4.69) is 10.1 Å². The Hall–Kier alpha value is -1.92. The normalized spacial score (nSPS) is 19.1. The summed E-state index contributed by atoms with van der Waals surface area (Å²) >= 11 is 6.28. The molecule has 7 heteroatoms. The molecule has 0 bridgehead atoms. The van der Waals surface area contributed by atoms with E-state index in [1.165, 1.54) is 0 Å². The van der Waals surface area contributed by atoms with Gasteiger partial charge in [0, 0.05) is 24.8 Å². The minimum Gasteiger partial charge on any atom is -0.337 e. The standard InChI is InChI=1S/C18H24ClN5O/c1-11-9-12(2)24(22-11)16-7-6-15(19)17(21-16)18(25)23-8-4-5-14(10-23)13(3)20/h6-7,9,13-14H,4-5,8,10,20H2,1-3H3/t13-,14+/m1/s1. The van der Waals surface area contributed by atoms with E-state index in [0.29, 0.717) is 29.8 Å². The molecule has 1 aliphatic heterocycles. The van der Waals surface area contributed by atoms with Crippen LogP contribution in [0.15, 0.2) is 18.2 Å². The maximum atomic E-state index is 13.0. The predicted molar refractivity (Wildman–Crippen MR) is 98.1 cm³/mol. The van der Waals surface area contributed by atoms with Crippen molar-refractivity contribution < 1.29 is 4.79 Å². The number of piperidine rings is 1. The van der Waals surface area contributed by atoms with Crippen molar-refractivity contribution in [2.24, 2.45) is 11.7 Å². The Labute approximate surface area is 153 Å². The van der Waals surface area contributed by atoms with Crippen LogP contribution < -0.4 is 5.73 Å². The molecule has 2 aromatic rings. The molecule has 1 saturated heterocycles. The van der Waals surface area contributed by atoms with E-state index >= 15 is 0 Å². The fraction of sp³-hybridized carbons (Fsp3) is 0.500. The molecule has 3 heterocycles. The van der Waals surface area contributed by atoms with E-state index in [9.17, 15) is 4.79 Å². The fourth-order valence-corrected chi connectivity index (χ4v) is 3.52. The highest BCUT2D eigenvalue weighted by Crippen LogP contribution is 2.24. The molecule has 6 nitrogen and oxygen atoms in total. The van der Waals surface area contributed by atoms with Crippen molar-refractivity contribution in [1.82, 2.24) is 19.7 Å². The molecule has 0 radical (unpaired) electrons. The summed E-state index contributed by atoms with van der Waals surface area (Å²) in [5.41, 5.74) is 8.16. The van der Waals surface area contributed by atoms with Gasteiger partial charge in [-0.1, -0.05) is 11.6 Å². The first-order chi connectivity index (χ1) is 11.9. The Bertz CT molecular complexity index is 786. The van der Waals surface area contributed by atoms with Crippen LogP contribution in [-0.4, -0.2) is 44.7 Å². The molecule has 2 aromatic heterocycles. The molecular formula is C18H24ClN5O. The molecule has 0 spiro atoms. The van der Waals surface area contributed by atoms with Gasteiger partial charge in [0.1, 0.15) is 5.69 Å². The number of carbonyl (C=O) groups excluding carboxylic acids is 1. The van der Waals surface area contributed by atoms with E-state index < -0.39 is 0 Å². The summed E-state index contributed by atoms with van der Waals surface area (Å²) in [5, 5.41) is 4.79. The van der Waals surface area contributed by atoms with Crippen LogP contribution in [0.1, 0.15) is 41.6 Å². The topological polar surface area (TPSA) is 77.0 Å². The number of nitrogens with zero attached hydrogens (tertiary/aromatic N) is 4. The molecule has 134 valence electrons. The van der Waals surface area contributed by atoms with Crippen LogP contribution in [0.4, 0.5) is 0 Å². The fourth-order valence-electron chi connectivity index (χ4n) is 3.33. The number of amides is 1. The molecule has 2 atom stereocenters. The molecule has 0 aromatic carbocycles. The third kappa shape index (κ3) is 3.70. The van der Waals surface area contributed by atoms with Crippen LogP contribution in [0.2, 0.25) is 5.02 Å². The Kier molecular flexibility index (Phi) is 5.11. The highest BCUT2D eigenvalue weighted by Gasteiger charge is 2.28. The second-order valence-corrected chi connectivity index (χ2v) is 7.26. The second-order valence-electron chi connectivity index (χ2n) is 6.85. The molecular weight excluding hydrogens is 338 g/mol. The van der Waals surface area contributed by atoms with Gasteiger partial charge in [-0.15, -0.1) is 0 Å². The summed E-state index contributed by atoms with van der Waals surface area (Å²) in [4.78, 5) is 19.3. The smallest absolute Gasteiger partial charge is 0.274 e. The van der Waals surface area contributed by atoms with Crippen LogP contribution >= 0.6 is 11.6 Å². The highest BCUT2D eigenvalue weighted by molar-refractivity contribution is 6.33. The SMILES string of the molecule is Cc1cc(C)n(-c2ccc(Cl)c(C(=O)N3CCC[C@H]([C@@H](C)N)C3)n2)n1. The third-order valence-corrected chi connectivity index (χ3v) is 5.05. The number of pyridine rings is 1. The first kappa shape index (κ1) is 17.9. The van der Waals surface area contributed by atoms with Gasteiger partial charge in [-0.2, -0.15) is 5.10 Å². The predicted octanol–water partition coefficient (Wildman–Crippen LogP) is 2.74. The van der Waals surface area contributed by atoms with E-state index in [1.807, 2.05) is 31.7 Å². The number of hydrogen-bond donors (Lipinski definition) is 1. The largest absolute Gasteiger partial charge is 0.337 e. The molecule has 25 heavy (non-hydrogen) atoms. The number of rotatable bonds is 3. The van der Waals surface area contributed by atoms with Gasteiger partial charge in [-0.05, 0) is 57.7 Å². The molecule has 0 aliphatic carbocycles. The minimum absolute atomic E-state index is 0.0695. The first-order valence-corrected chi connectivity index (χ1v) is 8.99. The Morgan fingerprint density at radius 1 is 1.40 bits per heavy atom. The van der Waals surface area contributed by atoms with Gasteiger partial charge in [-0.25, -0.2) is 9.67 Å². The number of likely N-dealkylation sites (tertiary alicyclic amines) is 1. The van der Waals surface area contributed by atoms with Gasteiger partial charge in [0.25, 0.3) is 5.91 Å². The van der Waals surface area contributed by atoms with E-state index in [-0.39, 0.29) is 17.6 Å². The Balaban J connectivity index is 1.90. The van der Waals surface area contributed by atoms with Crippen molar-refractivity contribution in [3.63, 3.8) is 0 Å². The summed E-state index contributed by atoms with van der Waals surface area (Å²) in [6, 6.07) is 5.52. The van der Waals surface area contributed by atoms with Crippen LogP contribution in [-0.2, 0) is 0 Å². The van der Waals surface area contributed by atoms with E-state index in [4.69, 9.17) is 17.3 Å². The zero-order chi connectivity index (χ0) is 18.1. The average molecular weight is 362 g/mol. The van der Waals surface area contributed by atoms with Crippen LogP contribution in [0.5, 0.6) is 0 Å². The number of nitrogens with two attached hydrogens (primary N) is 1. The monoisotopic (exact) mass is 361 g/mol. The van der Waals surface area contributed by atoms with Crippen molar-refractivity contribution in [2.75, 3.05) is 13.1 Å². The van der Waals surface area contributed by atoms with E-state index in [1.54, 1.807) is 16.8 Å². The quantitative estimate of drug-likeness (QED) is 0.911. The van der Waals surface area contributed by atoms with Gasteiger partial charge in [0.2, 0.25) is 0 Å². The van der Waals surface area contributed by atoms with Gasteiger partial charge in [0.05, 0.1) is 10.7 Å². The molecule has 0 unspecified atom stereocenters. The number of halogens is 1. The van der Waals surface area contributed by atoms with Gasteiger partial charge in [0.15, 0.2) is 5.82 Å². The number of aryl methyl sites for hydroxylation is 2. The van der Waals surface area contributed by atoms with Crippen molar-refractivity contribution in [3.8, 4) is 5.82 Å². The van der Waals surface area contributed by atoms with Crippen molar-refractivity contribution in [3.05, 3.63) is 40.3 Å². The van der Waals surface area contributed by atoms with Gasteiger partial charge < -0.3 is 10.6 Å². The zero-order valence-corrected chi connectivity index (χ0v) is 15.6. The third-order valence-electron chi connectivity index (χ3n) is 4.75. The van der Waals surface area contributed by atoms with Gasteiger partial charge >= 0.3 is 0 Å². The number of hydrogen-bond acceptors (Lipinski definition) is 4. The molecule has 1 aliphatic rings. The van der Waals surface area contributed by atoms with E-state index in [0.717, 1.165) is 24.2 Å². The Morgan fingerprint density at radius 2 is 2.16 bits per heavy atom. The molecule has 3 rings (SSSR count). The minimum atomic E-state index is -0.140. The van der Waals surface area contributed by atoms with Crippen LogP contribution in [0, 0.1) is 19.8 Å². The molecule has 0 saturated carbocycles. The molecule has 2 N–H and O–H groups in total. The highest BCUT2D eigenvalue weighted by atomic mass is 35.5. The van der Waals surface area contributed by atoms with Crippen molar-refractivity contribution in [1.29, 1.82) is 0 Å². The number of carbonyl (C=O) groups is 1. The molecule has 1 amide bonds. The number of aromatic nitrogens is 3. The summed E-state index contributed by atoms with van der Waals surface area (Å²) < 4.78 is 1.73. The summed E-state index contributed by atoms with van der Waals surface area (Å²) in [6.45, 7) is 7.24. The summed E-state index contributed by atoms with van der Waals surface area (Å²) in [7, 11) is 0. The van der Waals surface area contributed by atoms with Crippen LogP contribution in [0.3, 0.4) is 0 Å². The Morgan fingerprint density at radius 3 is 2.80 bits per heavy atom. The first-order valence-electron chi connectivity index (χ1n) is 8.62. The summed E-state index contributed by atoms with van der Waals surface area (Å²) in [6.07, 6.45) is 2.00.